The fourth-order valence-electron chi connectivity index (χ4n) is 9.59. The Hall–Kier alpha value is -1.35. The second-order valence-electron chi connectivity index (χ2n) is 12.8. The van der Waals surface area contributed by atoms with Gasteiger partial charge in [-0.3, -0.25) is 0 Å². The van der Waals surface area contributed by atoms with Crippen molar-refractivity contribution in [2.24, 2.45) is 40.4 Å². The molecule has 0 aromatic rings. The Bertz CT molecular complexity index is 898. The van der Waals surface area contributed by atoms with Crippen molar-refractivity contribution in [2.45, 2.75) is 111 Å². The summed E-state index contributed by atoms with van der Waals surface area (Å²) in [7, 11) is 0. The number of rotatable bonds is 5. The lowest BCUT2D eigenvalue weighted by Gasteiger charge is -2.58. The summed E-state index contributed by atoms with van der Waals surface area (Å²) in [5.41, 5.74) is 4.35. The van der Waals surface area contributed by atoms with Crippen molar-refractivity contribution in [3.05, 3.63) is 35.5 Å². The Morgan fingerprint density at radius 2 is 1.97 bits per heavy atom. The predicted molar refractivity (Wildman–Crippen MR) is 137 cm³/mol. The van der Waals surface area contributed by atoms with E-state index in [1.807, 2.05) is 6.08 Å². The zero-order valence-corrected chi connectivity index (χ0v) is 21.9. The first-order valence-electron chi connectivity index (χ1n) is 14.1. The molecule has 0 radical (unpaired) electrons. The van der Waals surface area contributed by atoms with Crippen molar-refractivity contribution in [3.63, 3.8) is 0 Å². The van der Waals surface area contributed by atoms with Crippen LogP contribution in [0.15, 0.2) is 35.5 Å². The highest BCUT2D eigenvalue weighted by Gasteiger charge is 2.60. The van der Waals surface area contributed by atoms with E-state index >= 15 is 0 Å². The molecule has 0 saturated heterocycles. The SMILES string of the molecule is C=CCC1=C(CC)C[C@H]([C@@H](C)[C@H]2CC[C@H]3[C@@H]4CC=C5C[C@@H](O)CC[C@]5(C)[C@H]4CC[C@]23C)OC1=O. The number of aliphatic hydroxyl groups excluding tert-OH is 1. The molecule has 0 amide bonds. The standard InChI is InChI=1S/C31H46O3/c1-6-8-23-20(7-2)17-28(34-29(23)33)19(3)25-11-12-26-24-10-9-21-18-22(32)13-15-30(21,4)27(24)14-16-31(25,26)5/h6,9,19,22,24-28,32H,1,7-8,10-18H2,2-5H3/t19-,22-,24-,25+,26-,27-,28+,30-,31+/m0/s1. The van der Waals surface area contributed by atoms with Crippen LogP contribution in [0, 0.1) is 40.4 Å². The van der Waals surface area contributed by atoms with Crippen LogP contribution in [0.4, 0.5) is 0 Å². The molecule has 0 aromatic carbocycles. The van der Waals surface area contributed by atoms with Gasteiger partial charge in [-0.05, 0) is 105 Å². The molecule has 34 heavy (non-hydrogen) atoms. The first-order valence-corrected chi connectivity index (χ1v) is 14.1. The minimum Gasteiger partial charge on any atom is -0.458 e. The summed E-state index contributed by atoms with van der Waals surface area (Å²) in [5.74, 6) is 3.26. The lowest BCUT2D eigenvalue weighted by Crippen LogP contribution is -2.51. The maximum absolute atomic E-state index is 12.9. The van der Waals surface area contributed by atoms with Gasteiger partial charge in [0.15, 0.2) is 0 Å². The average Bonchev–Trinajstić information content (AvgIpc) is 3.17. The summed E-state index contributed by atoms with van der Waals surface area (Å²) < 4.78 is 6.11. The van der Waals surface area contributed by atoms with Gasteiger partial charge in [0.1, 0.15) is 6.10 Å². The van der Waals surface area contributed by atoms with Gasteiger partial charge in [-0.25, -0.2) is 4.79 Å². The molecule has 9 atom stereocenters. The van der Waals surface area contributed by atoms with E-state index in [2.05, 4.69) is 40.3 Å². The first kappa shape index (κ1) is 24.3. The number of allylic oxidation sites excluding steroid dienone is 2. The molecule has 3 fully saturated rings. The van der Waals surface area contributed by atoms with Gasteiger partial charge < -0.3 is 9.84 Å². The fourth-order valence-corrected chi connectivity index (χ4v) is 9.59. The van der Waals surface area contributed by atoms with Crippen LogP contribution in [-0.4, -0.2) is 23.3 Å². The van der Waals surface area contributed by atoms with E-state index in [0.717, 1.165) is 55.4 Å². The monoisotopic (exact) mass is 466 g/mol. The average molecular weight is 467 g/mol. The first-order chi connectivity index (χ1) is 16.2. The highest BCUT2D eigenvalue weighted by molar-refractivity contribution is 5.90. The summed E-state index contributed by atoms with van der Waals surface area (Å²) >= 11 is 0. The zero-order valence-electron chi connectivity index (χ0n) is 21.9. The number of esters is 1. The zero-order chi connectivity index (χ0) is 24.3. The second kappa shape index (κ2) is 8.95. The number of fused-ring (bicyclic) bond motifs is 5. The third kappa shape index (κ3) is 3.67. The van der Waals surface area contributed by atoms with Crippen molar-refractivity contribution >= 4 is 5.97 Å². The van der Waals surface area contributed by atoms with Crippen LogP contribution < -0.4 is 0 Å². The van der Waals surface area contributed by atoms with Gasteiger partial charge in [-0.2, -0.15) is 0 Å². The summed E-state index contributed by atoms with van der Waals surface area (Å²) in [6.45, 7) is 13.5. The van der Waals surface area contributed by atoms with Crippen LogP contribution in [0.2, 0.25) is 0 Å². The quantitative estimate of drug-likeness (QED) is 0.345. The number of hydrogen-bond acceptors (Lipinski definition) is 3. The molecule has 5 rings (SSSR count). The molecule has 0 spiro atoms. The predicted octanol–water partition coefficient (Wildman–Crippen LogP) is 7.16. The molecule has 0 bridgehead atoms. The summed E-state index contributed by atoms with van der Waals surface area (Å²) in [5, 5.41) is 10.3. The molecular formula is C31H46O3. The Kier molecular flexibility index (Phi) is 6.41. The van der Waals surface area contributed by atoms with E-state index in [9.17, 15) is 9.90 Å². The van der Waals surface area contributed by atoms with Crippen molar-refractivity contribution in [2.75, 3.05) is 0 Å². The van der Waals surface area contributed by atoms with Gasteiger partial charge in [0.05, 0.1) is 6.10 Å². The molecular weight excluding hydrogens is 420 g/mol. The molecule has 0 aromatic heterocycles. The molecule has 4 aliphatic carbocycles. The molecule has 3 heteroatoms. The molecule has 1 N–H and O–H groups in total. The minimum atomic E-state index is -0.131. The smallest absolute Gasteiger partial charge is 0.334 e. The largest absolute Gasteiger partial charge is 0.458 e. The van der Waals surface area contributed by atoms with Gasteiger partial charge in [-0.1, -0.05) is 51.0 Å². The highest BCUT2D eigenvalue weighted by Crippen LogP contribution is 2.67. The lowest BCUT2D eigenvalue weighted by molar-refractivity contribution is -0.152. The second-order valence-corrected chi connectivity index (χ2v) is 12.8. The van der Waals surface area contributed by atoms with Crippen molar-refractivity contribution < 1.29 is 14.6 Å². The molecule has 3 saturated carbocycles. The van der Waals surface area contributed by atoms with Gasteiger partial charge in [-0.15, -0.1) is 6.58 Å². The van der Waals surface area contributed by atoms with Crippen molar-refractivity contribution in [1.82, 2.24) is 0 Å². The van der Waals surface area contributed by atoms with E-state index in [1.54, 1.807) is 5.57 Å². The van der Waals surface area contributed by atoms with E-state index < -0.39 is 0 Å². The number of hydrogen-bond donors (Lipinski definition) is 1. The third-order valence-corrected chi connectivity index (χ3v) is 11.5. The number of aliphatic hydroxyl groups is 1. The van der Waals surface area contributed by atoms with Crippen LogP contribution in [0.5, 0.6) is 0 Å². The van der Waals surface area contributed by atoms with Crippen LogP contribution in [-0.2, 0) is 9.53 Å². The normalized spacial score (nSPS) is 45.0. The fraction of sp³-hybridized carbons (Fsp3) is 0.774. The van der Waals surface area contributed by atoms with Crippen LogP contribution in [0.1, 0.15) is 98.3 Å². The number of ether oxygens (including phenoxy) is 1. The van der Waals surface area contributed by atoms with Crippen molar-refractivity contribution in [1.29, 1.82) is 0 Å². The van der Waals surface area contributed by atoms with Gasteiger partial charge in [0.25, 0.3) is 0 Å². The minimum absolute atomic E-state index is 0.0181. The highest BCUT2D eigenvalue weighted by atomic mass is 16.5. The third-order valence-electron chi connectivity index (χ3n) is 11.5. The summed E-state index contributed by atoms with van der Waals surface area (Å²) in [4.78, 5) is 12.9. The Morgan fingerprint density at radius 3 is 2.71 bits per heavy atom. The molecule has 1 heterocycles. The van der Waals surface area contributed by atoms with E-state index in [1.165, 1.54) is 37.7 Å². The maximum atomic E-state index is 12.9. The Balaban J connectivity index is 1.36. The topological polar surface area (TPSA) is 46.5 Å². The molecule has 3 nitrogen and oxygen atoms in total. The van der Waals surface area contributed by atoms with E-state index in [4.69, 9.17) is 4.74 Å². The Labute approximate surface area is 207 Å². The number of carbonyl (C=O) groups is 1. The van der Waals surface area contributed by atoms with Crippen LogP contribution >= 0.6 is 0 Å². The van der Waals surface area contributed by atoms with Crippen LogP contribution in [0.25, 0.3) is 0 Å². The van der Waals surface area contributed by atoms with E-state index in [0.29, 0.717) is 29.1 Å². The van der Waals surface area contributed by atoms with Gasteiger partial charge in [0, 0.05) is 12.0 Å². The number of cyclic esters (lactones) is 1. The van der Waals surface area contributed by atoms with Gasteiger partial charge in [0.2, 0.25) is 0 Å². The Morgan fingerprint density at radius 1 is 1.18 bits per heavy atom. The lowest BCUT2D eigenvalue weighted by atomic mass is 9.47. The molecule has 0 unspecified atom stereocenters. The molecule has 1 aliphatic heterocycles. The maximum Gasteiger partial charge on any atom is 0.334 e. The van der Waals surface area contributed by atoms with Gasteiger partial charge >= 0.3 is 5.97 Å². The van der Waals surface area contributed by atoms with Crippen molar-refractivity contribution in [3.8, 4) is 0 Å². The summed E-state index contributed by atoms with van der Waals surface area (Å²) in [6.07, 6.45) is 16.2. The molecule has 5 aliphatic rings. The summed E-state index contributed by atoms with van der Waals surface area (Å²) in [6, 6.07) is 0. The van der Waals surface area contributed by atoms with E-state index in [-0.39, 0.29) is 18.2 Å². The molecule has 188 valence electrons. The van der Waals surface area contributed by atoms with Crippen LogP contribution in [0.3, 0.4) is 0 Å². The number of carbonyl (C=O) groups excluding carboxylic acids is 1.